The van der Waals surface area contributed by atoms with Crippen molar-refractivity contribution in [3.8, 4) is 0 Å². The fourth-order valence-electron chi connectivity index (χ4n) is 2.60. The summed E-state index contributed by atoms with van der Waals surface area (Å²) in [5.74, 6) is -0.712. The normalized spacial score (nSPS) is 28.1. The van der Waals surface area contributed by atoms with E-state index in [1.165, 1.54) is 0 Å². The summed E-state index contributed by atoms with van der Waals surface area (Å²) in [6.07, 6.45) is 2.99. The first-order chi connectivity index (χ1) is 7.75. The number of H-pyrrole nitrogens is 2. The maximum Gasteiger partial charge on any atom is 0.316 e. The number of aliphatic carboxylic acids is 1. The number of aromatic amines is 2. The lowest BCUT2D eigenvalue weighted by Gasteiger charge is -2.26. The van der Waals surface area contributed by atoms with Gasteiger partial charge in [-0.2, -0.15) is 0 Å². The predicted molar refractivity (Wildman–Crippen MR) is 66.2 cm³/mol. The van der Waals surface area contributed by atoms with Crippen LogP contribution in [0.15, 0.2) is 6.20 Å². The summed E-state index contributed by atoms with van der Waals surface area (Å²) in [7, 11) is 6.11. The van der Waals surface area contributed by atoms with Crippen molar-refractivity contribution in [2.24, 2.45) is 5.41 Å². The third-order valence-corrected chi connectivity index (χ3v) is 3.77. The standard InChI is InChI=1S/C11H17N3O2S/c1-14(2,3)8-5-11(8,9(15)16)4-7-6-12-10(17)13-7/h6,8H,4-5H2,1-3H3,(H2-,12,13,15,16,17)/p+1. The van der Waals surface area contributed by atoms with E-state index in [-0.39, 0.29) is 6.04 Å². The van der Waals surface area contributed by atoms with E-state index in [0.29, 0.717) is 15.7 Å². The molecule has 5 nitrogen and oxygen atoms in total. The van der Waals surface area contributed by atoms with Gasteiger partial charge in [-0.1, -0.05) is 0 Å². The Labute approximate surface area is 105 Å². The number of nitrogens with one attached hydrogen (secondary N) is 2. The smallest absolute Gasteiger partial charge is 0.316 e. The minimum Gasteiger partial charge on any atom is -0.481 e. The first kappa shape index (κ1) is 12.3. The molecule has 0 saturated heterocycles. The number of carboxylic acid groups (broad SMARTS) is 1. The highest BCUT2D eigenvalue weighted by Crippen LogP contribution is 2.53. The minimum absolute atomic E-state index is 0.164. The van der Waals surface area contributed by atoms with Crippen LogP contribution in [0.5, 0.6) is 0 Å². The monoisotopic (exact) mass is 256 g/mol. The van der Waals surface area contributed by atoms with Crippen LogP contribution in [0, 0.1) is 10.2 Å². The molecule has 2 atom stereocenters. The third kappa shape index (κ3) is 2.14. The maximum absolute atomic E-state index is 11.5. The van der Waals surface area contributed by atoms with E-state index in [2.05, 4.69) is 9.97 Å². The number of carboxylic acids is 1. The Morgan fingerprint density at radius 1 is 1.65 bits per heavy atom. The van der Waals surface area contributed by atoms with E-state index in [1.54, 1.807) is 6.20 Å². The fraction of sp³-hybridized carbons (Fsp3) is 0.636. The van der Waals surface area contributed by atoms with Gasteiger partial charge in [-0.15, -0.1) is 0 Å². The van der Waals surface area contributed by atoms with E-state index >= 15 is 0 Å². The average Bonchev–Trinajstić information content (AvgIpc) is 2.78. The first-order valence-electron chi connectivity index (χ1n) is 5.57. The molecule has 1 aliphatic rings. The minimum atomic E-state index is -0.712. The lowest BCUT2D eigenvalue weighted by molar-refractivity contribution is -0.884. The average molecular weight is 256 g/mol. The number of hydrogen-bond donors (Lipinski definition) is 3. The number of imidazole rings is 1. The molecule has 0 spiro atoms. The third-order valence-electron chi connectivity index (χ3n) is 3.55. The van der Waals surface area contributed by atoms with Crippen molar-refractivity contribution in [2.75, 3.05) is 21.1 Å². The van der Waals surface area contributed by atoms with Crippen LogP contribution >= 0.6 is 12.2 Å². The lowest BCUT2D eigenvalue weighted by atomic mass is 9.99. The van der Waals surface area contributed by atoms with Crippen LogP contribution < -0.4 is 0 Å². The van der Waals surface area contributed by atoms with E-state index in [1.807, 2.05) is 21.1 Å². The van der Waals surface area contributed by atoms with Crippen molar-refractivity contribution in [3.63, 3.8) is 0 Å². The van der Waals surface area contributed by atoms with Crippen LogP contribution in [0.25, 0.3) is 0 Å². The van der Waals surface area contributed by atoms with E-state index in [4.69, 9.17) is 12.2 Å². The lowest BCUT2D eigenvalue weighted by Crippen LogP contribution is -2.42. The SMILES string of the molecule is C[N+](C)(C)C1CC1(Cc1c[nH]c(=S)[nH]1)C(=O)O. The molecule has 3 N–H and O–H groups in total. The molecule has 2 rings (SSSR count). The van der Waals surface area contributed by atoms with Gasteiger partial charge in [-0.25, -0.2) is 0 Å². The van der Waals surface area contributed by atoms with Crippen LogP contribution in [0.1, 0.15) is 12.1 Å². The fourth-order valence-corrected chi connectivity index (χ4v) is 2.79. The number of nitrogens with zero attached hydrogens (tertiary/aromatic N) is 1. The predicted octanol–water partition coefficient (Wildman–Crippen LogP) is 1.16. The molecule has 1 aliphatic carbocycles. The number of carbonyl (C=O) groups is 1. The molecule has 1 aromatic rings. The molecule has 1 saturated carbocycles. The summed E-state index contributed by atoms with van der Waals surface area (Å²) < 4.78 is 1.22. The van der Waals surface area contributed by atoms with Crippen LogP contribution in [0.4, 0.5) is 0 Å². The van der Waals surface area contributed by atoms with Gasteiger partial charge in [-0.05, 0) is 12.2 Å². The Balaban J connectivity index is 2.22. The second-order valence-electron chi connectivity index (χ2n) is 5.74. The van der Waals surface area contributed by atoms with Gasteiger partial charge in [0.2, 0.25) is 0 Å². The van der Waals surface area contributed by atoms with Crippen molar-refractivity contribution < 1.29 is 14.4 Å². The molecule has 94 valence electrons. The molecule has 1 aromatic heterocycles. The van der Waals surface area contributed by atoms with Gasteiger partial charge in [0.05, 0.1) is 21.1 Å². The molecule has 6 heteroatoms. The Bertz CT molecular complexity index is 499. The molecule has 1 fully saturated rings. The van der Waals surface area contributed by atoms with E-state index in [9.17, 15) is 9.90 Å². The van der Waals surface area contributed by atoms with Crippen molar-refractivity contribution in [3.05, 3.63) is 16.7 Å². The van der Waals surface area contributed by atoms with Crippen molar-refractivity contribution >= 4 is 18.2 Å². The largest absolute Gasteiger partial charge is 0.481 e. The van der Waals surface area contributed by atoms with Gasteiger partial charge >= 0.3 is 5.97 Å². The molecule has 0 bridgehead atoms. The van der Waals surface area contributed by atoms with Gasteiger partial charge < -0.3 is 19.6 Å². The molecular formula is C11H18N3O2S+. The Morgan fingerprint density at radius 2 is 2.29 bits per heavy atom. The topological polar surface area (TPSA) is 68.9 Å². The van der Waals surface area contributed by atoms with Crippen molar-refractivity contribution in [1.29, 1.82) is 0 Å². The second-order valence-corrected chi connectivity index (χ2v) is 6.15. The molecule has 2 unspecified atom stereocenters. The number of rotatable bonds is 4. The quantitative estimate of drug-likeness (QED) is 0.559. The molecule has 0 aromatic carbocycles. The van der Waals surface area contributed by atoms with Crippen LogP contribution in [0.2, 0.25) is 0 Å². The van der Waals surface area contributed by atoms with Crippen molar-refractivity contribution in [2.45, 2.75) is 18.9 Å². The molecule has 0 amide bonds. The highest BCUT2D eigenvalue weighted by atomic mass is 32.1. The summed E-state index contributed by atoms with van der Waals surface area (Å²) in [5.41, 5.74) is 0.229. The zero-order valence-corrected chi connectivity index (χ0v) is 11.1. The number of aromatic nitrogens is 2. The zero-order valence-electron chi connectivity index (χ0n) is 10.3. The first-order valence-corrected chi connectivity index (χ1v) is 5.97. The van der Waals surface area contributed by atoms with Gasteiger partial charge in [-0.3, -0.25) is 4.79 Å². The van der Waals surface area contributed by atoms with Crippen LogP contribution in [-0.2, 0) is 11.2 Å². The van der Waals surface area contributed by atoms with Gasteiger partial charge in [0.1, 0.15) is 11.5 Å². The van der Waals surface area contributed by atoms with Gasteiger partial charge in [0, 0.05) is 24.7 Å². The molecule has 1 heterocycles. The highest BCUT2D eigenvalue weighted by Gasteiger charge is 2.67. The summed E-state index contributed by atoms with van der Waals surface area (Å²) in [6.45, 7) is 0. The molecule has 0 radical (unpaired) electrons. The summed E-state index contributed by atoms with van der Waals surface area (Å²) in [4.78, 5) is 17.4. The Hall–Kier alpha value is -1.14. The summed E-state index contributed by atoms with van der Waals surface area (Å²) >= 11 is 4.95. The van der Waals surface area contributed by atoms with Crippen molar-refractivity contribution in [1.82, 2.24) is 9.97 Å². The van der Waals surface area contributed by atoms with Gasteiger partial charge in [0.15, 0.2) is 4.77 Å². The molecular weight excluding hydrogens is 238 g/mol. The summed E-state index contributed by atoms with van der Waals surface area (Å²) in [6, 6.07) is 0.164. The molecule has 17 heavy (non-hydrogen) atoms. The highest BCUT2D eigenvalue weighted by molar-refractivity contribution is 7.71. The van der Waals surface area contributed by atoms with E-state index in [0.717, 1.165) is 12.1 Å². The van der Waals surface area contributed by atoms with Crippen LogP contribution in [0.3, 0.4) is 0 Å². The zero-order chi connectivity index (χ0) is 12.8. The van der Waals surface area contributed by atoms with Gasteiger partial charge in [0.25, 0.3) is 0 Å². The number of hydrogen-bond acceptors (Lipinski definition) is 2. The Morgan fingerprint density at radius 3 is 2.65 bits per heavy atom. The maximum atomic E-state index is 11.5. The Kier molecular flexibility index (Phi) is 2.67. The van der Waals surface area contributed by atoms with E-state index < -0.39 is 11.4 Å². The number of quaternary nitrogens is 1. The second kappa shape index (κ2) is 3.68. The summed E-state index contributed by atoms with van der Waals surface area (Å²) in [5, 5.41) is 9.45. The molecule has 0 aliphatic heterocycles. The van der Waals surface area contributed by atoms with Crippen LogP contribution in [-0.4, -0.2) is 52.7 Å².